The van der Waals surface area contributed by atoms with Crippen LogP contribution in [0, 0.1) is 5.92 Å². The predicted molar refractivity (Wildman–Crippen MR) is 97.5 cm³/mol. The summed E-state index contributed by atoms with van der Waals surface area (Å²) in [7, 11) is -3.53. The number of benzene rings is 2. The molecular weight excluding hydrogens is 354 g/mol. The molecule has 0 saturated heterocycles. The van der Waals surface area contributed by atoms with Crippen molar-refractivity contribution in [2.24, 2.45) is 5.92 Å². The number of carboxylic acid groups (broad SMARTS) is 1. The van der Waals surface area contributed by atoms with Crippen molar-refractivity contribution in [2.75, 3.05) is 6.54 Å². The summed E-state index contributed by atoms with van der Waals surface area (Å²) in [5.74, 6) is -1.81. The number of carboxylic acids is 1. The van der Waals surface area contributed by atoms with E-state index >= 15 is 0 Å². The van der Waals surface area contributed by atoms with E-state index in [-0.39, 0.29) is 23.6 Å². The molecule has 0 bridgehead atoms. The summed E-state index contributed by atoms with van der Waals surface area (Å²) < 4.78 is 26.8. The first-order chi connectivity index (χ1) is 12.3. The Hall–Kier alpha value is -2.51. The van der Waals surface area contributed by atoms with Crippen LogP contribution in [-0.2, 0) is 21.2 Å². The number of hydrogen-bond donors (Lipinski definition) is 2. The highest BCUT2D eigenvalue weighted by Gasteiger charge is 2.18. The first-order valence-corrected chi connectivity index (χ1v) is 9.67. The highest BCUT2D eigenvalue weighted by molar-refractivity contribution is 7.89. The van der Waals surface area contributed by atoms with Gasteiger partial charge in [-0.1, -0.05) is 49.4 Å². The number of sulfonamides is 1. The molecule has 26 heavy (non-hydrogen) atoms. The summed E-state index contributed by atoms with van der Waals surface area (Å²) in [6.45, 7) is 1.82. The van der Waals surface area contributed by atoms with Gasteiger partial charge in [-0.05, 0) is 24.1 Å². The van der Waals surface area contributed by atoms with E-state index in [0.717, 1.165) is 5.56 Å². The number of hydrogen-bond acceptors (Lipinski definition) is 4. The Morgan fingerprint density at radius 1 is 1.04 bits per heavy atom. The molecule has 0 fully saturated rings. The van der Waals surface area contributed by atoms with E-state index in [4.69, 9.17) is 5.11 Å². The molecule has 2 rings (SSSR count). The quantitative estimate of drug-likeness (QED) is 0.656. The molecule has 7 heteroatoms. The van der Waals surface area contributed by atoms with Crippen molar-refractivity contribution in [2.45, 2.75) is 24.7 Å². The van der Waals surface area contributed by atoms with Crippen LogP contribution in [0.1, 0.15) is 29.3 Å². The van der Waals surface area contributed by atoms with Gasteiger partial charge in [-0.3, -0.25) is 9.59 Å². The molecule has 0 saturated carbocycles. The first-order valence-electron chi connectivity index (χ1n) is 8.19. The lowest BCUT2D eigenvalue weighted by Gasteiger charge is -2.09. The number of rotatable bonds is 9. The van der Waals surface area contributed by atoms with Gasteiger partial charge in [0.2, 0.25) is 10.0 Å². The monoisotopic (exact) mass is 375 g/mol. The predicted octanol–water partition coefficient (Wildman–Crippen LogP) is 2.50. The van der Waals surface area contributed by atoms with Crippen LogP contribution in [-0.4, -0.2) is 31.8 Å². The molecule has 2 aromatic rings. The average Bonchev–Trinajstić information content (AvgIpc) is 2.62. The lowest BCUT2D eigenvalue weighted by Crippen LogP contribution is -2.25. The molecule has 0 spiro atoms. The van der Waals surface area contributed by atoms with E-state index < -0.39 is 21.9 Å². The summed E-state index contributed by atoms with van der Waals surface area (Å²) in [6, 6.07) is 14.9. The zero-order valence-corrected chi connectivity index (χ0v) is 15.2. The minimum atomic E-state index is -3.53. The third-order valence-electron chi connectivity index (χ3n) is 3.93. The van der Waals surface area contributed by atoms with Gasteiger partial charge in [0.25, 0.3) is 0 Å². The average molecular weight is 375 g/mol. The molecule has 0 amide bonds. The van der Waals surface area contributed by atoms with Crippen LogP contribution < -0.4 is 4.72 Å². The molecule has 138 valence electrons. The molecular formula is C19H21NO5S. The minimum Gasteiger partial charge on any atom is -0.481 e. The van der Waals surface area contributed by atoms with Crippen molar-refractivity contribution < 1.29 is 23.1 Å². The van der Waals surface area contributed by atoms with Crippen LogP contribution in [0.3, 0.4) is 0 Å². The second-order valence-electron chi connectivity index (χ2n) is 6.02. The topological polar surface area (TPSA) is 101 Å². The van der Waals surface area contributed by atoms with Crippen molar-refractivity contribution >= 4 is 21.8 Å². The van der Waals surface area contributed by atoms with E-state index in [1.807, 2.05) is 0 Å². The molecule has 2 aromatic carbocycles. The lowest BCUT2D eigenvalue weighted by atomic mass is 9.95. The van der Waals surface area contributed by atoms with Crippen LogP contribution in [0.4, 0.5) is 0 Å². The van der Waals surface area contributed by atoms with Crippen molar-refractivity contribution in [3.8, 4) is 0 Å². The van der Waals surface area contributed by atoms with Crippen molar-refractivity contribution in [3.05, 3.63) is 65.7 Å². The fourth-order valence-corrected chi connectivity index (χ4v) is 3.54. The Kier molecular flexibility index (Phi) is 6.65. The van der Waals surface area contributed by atoms with E-state index in [0.29, 0.717) is 12.0 Å². The Bertz CT molecular complexity index is 861. The molecule has 0 aromatic heterocycles. The van der Waals surface area contributed by atoms with Gasteiger partial charge in [-0.2, -0.15) is 0 Å². The number of nitrogens with one attached hydrogen (secondary N) is 1. The lowest BCUT2D eigenvalue weighted by molar-refractivity contribution is -0.137. The van der Waals surface area contributed by atoms with Gasteiger partial charge < -0.3 is 5.11 Å². The molecule has 0 aliphatic rings. The Labute approximate surface area is 152 Å². The summed E-state index contributed by atoms with van der Waals surface area (Å²) in [5.41, 5.74) is 1.33. The third-order valence-corrected chi connectivity index (χ3v) is 5.40. The molecule has 0 aliphatic carbocycles. The van der Waals surface area contributed by atoms with Crippen LogP contribution in [0.15, 0.2) is 59.5 Å². The Balaban J connectivity index is 1.91. The van der Waals surface area contributed by atoms with E-state index in [9.17, 15) is 18.0 Å². The molecule has 2 N–H and O–H groups in total. The van der Waals surface area contributed by atoms with Crippen molar-refractivity contribution in [3.63, 3.8) is 0 Å². The number of carbonyl (C=O) groups is 2. The number of aliphatic carboxylic acids is 1. The zero-order valence-electron chi connectivity index (χ0n) is 14.4. The highest BCUT2D eigenvalue weighted by Crippen LogP contribution is 2.14. The first kappa shape index (κ1) is 19.8. The molecule has 1 atom stereocenters. The molecule has 0 aliphatic heterocycles. The van der Waals surface area contributed by atoms with Crippen LogP contribution in [0.25, 0.3) is 0 Å². The second-order valence-corrected chi connectivity index (χ2v) is 7.79. The van der Waals surface area contributed by atoms with Crippen LogP contribution in [0.2, 0.25) is 0 Å². The number of Topliss-reactive ketones (excluding diaryl/α,β-unsaturated/α-hetero) is 1. The van der Waals surface area contributed by atoms with Gasteiger partial charge in [0, 0.05) is 18.0 Å². The smallest absolute Gasteiger partial charge is 0.304 e. The van der Waals surface area contributed by atoms with Gasteiger partial charge in [0.05, 0.1) is 11.3 Å². The molecule has 0 heterocycles. The maximum absolute atomic E-state index is 12.1. The zero-order chi connectivity index (χ0) is 19.2. The van der Waals surface area contributed by atoms with E-state index in [1.165, 1.54) is 12.1 Å². The van der Waals surface area contributed by atoms with Gasteiger partial charge in [0.15, 0.2) is 5.78 Å². The maximum atomic E-state index is 12.1. The normalized spacial score (nSPS) is 12.5. The van der Waals surface area contributed by atoms with E-state index in [1.54, 1.807) is 49.4 Å². The number of ketones is 1. The summed E-state index contributed by atoms with van der Waals surface area (Å²) in [4.78, 5) is 23.0. The van der Waals surface area contributed by atoms with Gasteiger partial charge in [-0.15, -0.1) is 0 Å². The summed E-state index contributed by atoms with van der Waals surface area (Å²) in [5, 5.41) is 8.76. The fraction of sp³-hybridized carbons (Fsp3) is 0.263. The Morgan fingerprint density at radius 2 is 1.65 bits per heavy atom. The Morgan fingerprint density at radius 3 is 2.23 bits per heavy atom. The third kappa shape index (κ3) is 5.50. The fourth-order valence-electron chi connectivity index (χ4n) is 2.49. The molecule has 0 radical (unpaired) electrons. The number of carbonyl (C=O) groups excluding carboxylic acids is 1. The highest BCUT2D eigenvalue weighted by atomic mass is 32.2. The summed E-state index contributed by atoms with van der Waals surface area (Å²) >= 11 is 0. The van der Waals surface area contributed by atoms with Gasteiger partial charge in [-0.25, -0.2) is 13.1 Å². The standard InChI is InChI=1S/C19H21NO5S/c1-14(13-18(21)22)19(23)16-9-7-15(8-10-16)11-12-20-26(24,25)17-5-3-2-4-6-17/h2-10,14,20H,11-13H2,1H3,(H,21,22). The van der Waals surface area contributed by atoms with Gasteiger partial charge in [0.1, 0.15) is 0 Å². The largest absolute Gasteiger partial charge is 0.481 e. The van der Waals surface area contributed by atoms with Crippen molar-refractivity contribution in [1.29, 1.82) is 0 Å². The second kappa shape index (κ2) is 8.73. The van der Waals surface area contributed by atoms with Crippen LogP contribution in [0.5, 0.6) is 0 Å². The van der Waals surface area contributed by atoms with Crippen molar-refractivity contribution in [1.82, 2.24) is 4.72 Å². The van der Waals surface area contributed by atoms with E-state index in [2.05, 4.69) is 4.72 Å². The molecule has 1 unspecified atom stereocenters. The van der Waals surface area contributed by atoms with Crippen LogP contribution >= 0.6 is 0 Å². The van der Waals surface area contributed by atoms with Gasteiger partial charge >= 0.3 is 5.97 Å². The molecule has 6 nitrogen and oxygen atoms in total. The minimum absolute atomic E-state index is 0.206. The summed E-state index contributed by atoms with van der Waals surface area (Å²) in [6.07, 6.45) is 0.271. The maximum Gasteiger partial charge on any atom is 0.304 e. The SMILES string of the molecule is CC(CC(=O)O)C(=O)c1ccc(CCNS(=O)(=O)c2ccccc2)cc1.